The van der Waals surface area contributed by atoms with Crippen molar-refractivity contribution in [3.05, 3.63) is 102 Å². The van der Waals surface area contributed by atoms with Gasteiger partial charge >= 0.3 is 0 Å². The maximum absolute atomic E-state index is 13.8. The van der Waals surface area contributed by atoms with Crippen LogP contribution in [-0.4, -0.2) is 20.4 Å². The highest BCUT2D eigenvalue weighted by atomic mass is 19.1. The fourth-order valence-electron chi connectivity index (χ4n) is 3.61. The van der Waals surface area contributed by atoms with Crippen molar-refractivity contribution >= 4 is 27.8 Å². The third kappa shape index (κ3) is 3.43. The maximum Gasteiger partial charge on any atom is 0.267 e. The minimum atomic E-state index is -0.343. The summed E-state index contributed by atoms with van der Waals surface area (Å²) in [5, 5.41) is 3.29. The van der Waals surface area contributed by atoms with Gasteiger partial charge in [-0.15, -0.1) is 0 Å². The number of nitrogens with one attached hydrogen (secondary N) is 2. The summed E-state index contributed by atoms with van der Waals surface area (Å²) in [5.41, 5.74) is 5.18. The highest BCUT2D eigenvalue weighted by Gasteiger charge is 2.11. The van der Waals surface area contributed by atoms with Gasteiger partial charge in [-0.05, 0) is 41.5 Å². The van der Waals surface area contributed by atoms with Gasteiger partial charge in [0.05, 0.1) is 17.4 Å². The third-order valence-corrected chi connectivity index (χ3v) is 5.21. The summed E-state index contributed by atoms with van der Waals surface area (Å²) in [5.74, 6) is -0.608. The Balaban J connectivity index is 1.24. The molecule has 0 spiro atoms. The van der Waals surface area contributed by atoms with Crippen molar-refractivity contribution in [3.63, 3.8) is 0 Å². The van der Waals surface area contributed by atoms with Crippen molar-refractivity contribution in [2.45, 2.75) is 13.1 Å². The number of carbonyl (C=O) groups excluding carboxylic acids is 1. The fourth-order valence-corrected chi connectivity index (χ4v) is 3.61. The molecule has 1 amide bonds. The summed E-state index contributed by atoms with van der Waals surface area (Å²) in [7, 11) is 0. The number of hydrogen-bond acceptors (Lipinski definition) is 2. The van der Waals surface area contributed by atoms with E-state index in [9.17, 15) is 9.18 Å². The van der Waals surface area contributed by atoms with Crippen molar-refractivity contribution in [2.24, 2.45) is 0 Å². The van der Waals surface area contributed by atoms with Gasteiger partial charge in [0.25, 0.3) is 5.91 Å². The van der Waals surface area contributed by atoms with Crippen molar-refractivity contribution in [2.75, 3.05) is 0 Å². The van der Waals surface area contributed by atoms with Crippen LogP contribution in [0.2, 0.25) is 0 Å². The predicted molar refractivity (Wildman–Crippen MR) is 115 cm³/mol. The molecule has 5 aromatic rings. The lowest BCUT2D eigenvalue weighted by atomic mass is 10.1. The summed E-state index contributed by atoms with van der Waals surface area (Å²) >= 11 is 0. The molecule has 2 N–H and O–H groups in total. The van der Waals surface area contributed by atoms with Gasteiger partial charge in [0, 0.05) is 24.0 Å². The van der Waals surface area contributed by atoms with Crippen LogP contribution >= 0.6 is 0 Å². The first-order valence-electron chi connectivity index (χ1n) is 9.70. The largest absolute Gasteiger partial charge is 0.350 e. The van der Waals surface area contributed by atoms with Crippen LogP contribution in [-0.2, 0) is 13.1 Å². The molecule has 0 aliphatic carbocycles. The van der Waals surface area contributed by atoms with Gasteiger partial charge in [-0.3, -0.25) is 4.79 Å². The number of imidazole rings is 1. The number of benzene rings is 3. The Hall–Kier alpha value is -3.93. The second kappa shape index (κ2) is 7.48. The van der Waals surface area contributed by atoms with Crippen molar-refractivity contribution in [3.8, 4) is 0 Å². The fraction of sp³-hybridized carbons (Fsp3) is 0.0833. The van der Waals surface area contributed by atoms with Gasteiger partial charge in [-0.1, -0.05) is 42.5 Å². The van der Waals surface area contributed by atoms with E-state index in [0.29, 0.717) is 23.1 Å². The first-order valence-corrected chi connectivity index (χ1v) is 9.70. The van der Waals surface area contributed by atoms with E-state index < -0.39 is 0 Å². The molecule has 0 unspecified atom stereocenters. The highest BCUT2D eigenvalue weighted by molar-refractivity contribution is 5.98. The van der Waals surface area contributed by atoms with Gasteiger partial charge in [0.1, 0.15) is 11.5 Å². The topological polar surface area (TPSA) is 62.7 Å². The summed E-state index contributed by atoms with van der Waals surface area (Å²) in [6, 6.07) is 22.4. The van der Waals surface area contributed by atoms with Crippen LogP contribution < -0.4 is 5.32 Å². The Morgan fingerprint density at radius 1 is 1.00 bits per heavy atom. The molecule has 2 heterocycles. The van der Waals surface area contributed by atoms with Gasteiger partial charge in [-0.2, -0.15) is 0 Å². The number of fused-ring (bicyclic) bond motifs is 2. The lowest BCUT2D eigenvalue weighted by Gasteiger charge is -2.07. The monoisotopic (exact) mass is 398 g/mol. The smallest absolute Gasteiger partial charge is 0.267 e. The summed E-state index contributed by atoms with van der Waals surface area (Å²) in [6.07, 6.45) is 1.85. The van der Waals surface area contributed by atoms with Crippen molar-refractivity contribution in [1.82, 2.24) is 19.9 Å². The van der Waals surface area contributed by atoms with Gasteiger partial charge < -0.3 is 14.9 Å². The van der Waals surface area contributed by atoms with E-state index in [-0.39, 0.29) is 11.7 Å². The van der Waals surface area contributed by atoms with E-state index >= 15 is 0 Å². The molecule has 0 saturated heterocycles. The molecule has 5 rings (SSSR count). The number of carbonyl (C=O) groups is 1. The van der Waals surface area contributed by atoms with Crippen LogP contribution in [0, 0.1) is 5.82 Å². The van der Waals surface area contributed by atoms with Crippen molar-refractivity contribution in [1.29, 1.82) is 0 Å². The van der Waals surface area contributed by atoms with Crippen molar-refractivity contribution < 1.29 is 9.18 Å². The Morgan fingerprint density at radius 3 is 2.63 bits per heavy atom. The molecule has 0 fully saturated rings. The van der Waals surface area contributed by atoms with Crippen LogP contribution in [0.3, 0.4) is 0 Å². The van der Waals surface area contributed by atoms with Crippen LogP contribution in [0.15, 0.2) is 79.1 Å². The van der Waals surface area contributed by atoms with E-state index in [2.05, 4.69) is 38.1 Å². The SMILES string of the molecule is O=C(NCc1ccc(Cn2cnc3ccccc32)cc1)c1cc2c(F)cccc2[nH]1. The third-order valence-electron chi connectivity index (χ3n) is 5.21. The zero-order valence-electron chi connectivity index (χ0n) is 16.1. The second-order valence-electron chi connectivity index (χ2n) is 7.24. The average molecular weight is 398 g/mol. The first kappa shape index (κ1) is 18.1. The molecule has 30 heavy (non-hydrogen) atoms. The van der Waals surface area contributed by atoms with Gasteiger partial charge in [0.2, 0.25) is 0 Å². The molecular formula is C24H19FN4O. The van der Waals surface area contributed by atoms with Gasteiger partial charge in [0.15, 0.2) is 0 Å². The number of rotatable bonds is 5. The highest BCUT2D eigenvalue weighted by Crippen LogP contribution is 2.19. The van der Waals surface area contributed by atoms with E-state index in [4.69, 9.17) is 0 Å². The molecule has 0 saturated carbocycles. The molecule has 2 aromatic heterocycles. The number of H-pyrrole nitrogens is 1. The molecule has 6 heteroatoms. The van der Waals surface area contributed by atoms with Crippen LogP contribution in [0.1, 0.15) is 21.6 Å². The number of aromatic amines is 1. The molecule has 0 radical (unpaired) electrons. The van der Waals surface area contributed by atoms with E-state index in [1.54, 1.807) is 18.2 Å². The summed E-state index contributed by atoms with van der Waals surface area (Å²) in [6.45, 7) is 1.12. The number of hydrogen-bond donors (Lipinski definition) is 2. The number of nitrogens with zero attached hydrogens (tertiary/aromatic N) is 2. The average Bonchev–Trinajstić information content (AvgIpc) is 3.39. The molecule has 0 bridgehead atoms. The van der Waals surface area contributed by atoms with Crippen LogP contribution in [0.5, 0.6) is 0 Å². The number of para-hydroxylation sites is 2. The van der Waals surface area contributed by atoms with Gasteiger partial charge in [-0.25, -0.2) is 9.37 Å². The molecule has 0 aliphatic rings. The zero-order chi connectivity index (χ0) is 20.5. The Kier molecular flexibility index (Phi) is 4.52. The summed E-state index contributed by atoms with van der Waals surface area (Å²) < 4.78 is 15.9. The Labute approximate surface area is 172 Å². The standard InChI is InChI=1S/C24H19FN4O/c25-19-4-3-6-20-18(19)12-22(28-20)24(30)26-13-16-8-10-17(11-9-16)14-29-15-27-21-5-1-2-7-23(21)29/h1-12,15,28H,13-14H2,(H,26,30). The lowest BCUT2D eigenvalue weighted by Crippen LogP contribution is -2.23. The first-order chi connectivity index (χ1) is 14.7. The summed E-state index contributed by atoms with van der Waals surface area (Å²) in [4.78, 5) is 19.8. The minimum absolute atomic E-state index is 0.264. The molecule has 148 valence electrons. The van der Waals surface area contributed by atoms with E-state index in [0.717, 1.165) is 28.7 Å². The predicted octanol–water partition coefficient (Wildman–Crippen LogP) is 4.64. The van der Waals surface area contributed by atoms with Crippen LogP contribution in [0.25, 0.3) is 21.9 Å². The Bertz CT molecular complexity index is 1350. The Morgan fingerprint density at radius 2 is 1.80 bits per heavy atom. The number of aromatic nitrogens is 3. The maximum atomic E-state index is 13.8. The quantitative estimate of drug-likeness (QED) is 0.453. The second-order valence-corrected chi connectivity index (χ2v) is 7.24. The minimum Gasteiger partial charge on any atom is -0.350 e. The number of halogens is 1. The lowest BCUT2D eigenvalue weighted by molar-refractivity contribution is 0.0947. The normalized spacial score (nSPS) is 11.2. The number of amides is 1. The molecule has 0 atom stereocenters. The molecule has 3 aromatic carbocycles. The molecule has 5 nitrogen and oxygen atoms in total. The molecular weight excluding hydrogens is 379 g/mol. The van der Waals surface area contributed by atoms with E-state index in [1.165, 1.54) is 6.07 Å². The van der Waals surface area contributed by atoms with Crippen LogP contribution in [0.4, 0.5) is 4.39 Å². The zero-order valence-corrected chi connectivity index (χ0v) is 16.1. The molecule has 0 aliphatic heterocycles. The van der Waals surface area contributed by atoms with E-state index in [1.807, 2.05) is 36.7 Å².